The highest BCUT2D eigenvalue weighted by atomic mass is 35.5. The van der Waals surface area contributed by atoms with E-state index in [1.165, 1.54) is 28.7 Å². The Balaban J connectivity index is 1.40. The maximum Gasteiger partial charge on any atom is 0.257 e. The summed E-state index contributed by atoms with van der Waals surface area (Å²) in [5, 5.41) is 0.305. The minimum absolute atomic E-state index is 0.0447. The monoisotopic (exact) mass is 468 g/mol. The van der Waals surface area contributed by atoms with Crippen molar-refractivity contribution >= 4 is 33.3 Å². The Hall–Kier alpha value is -2.27. The van der Waals surface area contributed by atoms with E-state index in [1.807, 2.05) is 4.90 Å². The van der Waals surface area contributed by atoms with Crippen molar-refractivity contribution in [2.24, 2.45) is 0 Å². The van der Waals surface area contributed by atoms with Gasteiger partial charge in [-0.2, -0.15) is 4.31 Å². The molecule has 2 aliphatic heterocycles. The van der Waals surface area contributed by atoms with Gasteiger partial charge in [0.15, 0.2) is 0 Å². The van der Waals surface area contributed by atoms with Gasteiger partial charge in [0.2, 0.25) is 10.0 Å². The van der Waals surface area contributed by atoms with E-state index in [0.717, 1.165) is 0 Å². The van der Waals surface area contributed by atoms with E-state index < -0.39 is 21.7 Å². The van der Waals surface area contributed by atoms with Gasteiger partial charge in [0, 0.05) is 50.5 Å². The number of hydrogen-bond donors (Lipinski definition) is 0. The Morgan fingerprint density at radius 3 is 2.39 bits per heavy atom. The number of pyridine rings is 1. The fraction of sp³-hybridized carbons (Fsp3) is 0.400. The van der Waals surface area contributed by atoms with Gasteiger partial charge in [-0.05, 0) is 30.3 Å². The fourth-order valence-electron chi connectivity index (χ4n) is 3.62. The number of sulfonamides is 1. The average molecular weight is 469 g/mol. The number of halogens is 2. The van der Waals surface area contributed by atoms with Crippen molar-refractivity contribution in [3.8, 4) is 0 Å². The fourth-order valence-corrected chi connectivity index (χ4v) is 5.14. The highest BCUT2D eigenvalue weighted by molar-refractivity contribution is 7.89. The largest absolute Gasteiger partial charge is 0.379 e. The van der Waals surface area contributed by atoms with Gasteiger partial charge in [0.05, 0.1) is 18.8 Å². The summed E-state index contributed by atoms with van der Waals surface area (Å²) in [6.07, 6.45) is 1.36. The first-order valence-corrected chi connectivity index (χ1v) is 11.7. The van der Waals surface area contributed by atoms with Crippen LogP contribution >= 0.6 is 11.6 Å². The molecule has 3 heterocycles. The molecule has 31 heavy (non-hydrogen) atoms. The van der Waals surface area contributed by atoms with Crippen LogP contribution in [0.15, 0.2) is 41.4 Å². The quantitative estimate of drug-likeness (QED) is 0.681. The maximum atomic E-state index is 14.0. The van der Waals surface area contributed by atoms with Crippen LogP contribution in [0.3, 0.4) is 0 Å². The molecule has 0 N–H and O–H groups in total. The SMILES string of the molecule is O=C(c1cc(Cl)ccc1F)N1CCN(c2ccc(S(=O)(=O)N3CCOCC3)cn2)CC1. The van der Waals surface area contributed by atoms with Crippen molar-refractivity contribution in [2.45, 2.75) is 4.90 Å². The summed E-state index contributed by atoms with van der Waals surface area (Å²) >= 11 is 5.89. The van der Waals surface area contributed by atoms with E-state index in [9.17, 15) is 17.6 Å². The molecular weight excluding hydrogens is 447 g/mol. The standard InChI is InChI=1S/C20H22ClFN4O4S/c21-15-1-3-18(22)17(13-15)20(27)25-7-5-24(6-8-25)19-4-2-16(14-23-19)31(28,29)26-9-11-30-12-10-26/h1-4,13-14H,5-12H2. The lowest BCUT2D eigenvalue weighted by Crippen LogP contribution is -2.49. The zero-order chi connectivity index (χ0) is 22.0. The number of aromatic nitrogens is 1. The van der Waals surface area contributed by atoms with Gasteiger partial charge in [-0.15, -0.1) is 0 Å². The van der Waals surface area contributed by atoms with Crippen molar-refractivity contribution in [3.05, 3.63) is 52.9 Å². The summed E-state index contributed by atoms with van der Waals surface area (Å²) < 4.78 is 46.0. The first-order valence-electron chi connectivity index (χ1n) is 9.89. The minimum atomic E-state index is -3.59. The number of hydrogen-bond acceptors (Lipinski definition) is 6. The van der Waals surface area contributed by atoms with Crippen LogP contribution in [0.2, 0.25) is 5.02 Å². The van der Waals surface area contributed by atoms with Gasteiger partial charge < -0.3 is 14.5 Å². The Kier molecular flexibility index (Phi) is 6.42. The molecule has 0 radical (unpaired) electrons. The van der Waals surface area contributed by atoms with Crippen LogP contribution in [0.5, 0.6) is 0 Å². The normalized spacial score (nSPS) is 18.3. The Morgan fingerprint density at radius 2 is 1.74 bits per heavy atom. The van der Waals surface area contributed by atoms with Crippen molar-refractivity contribution in [1.29, 1.82) is 0 Å². The van der Waals surface area contributed by atoms with Gasteiger partial charge in [-0.25, -0.2) is 17.8 Å². The molecule has 0 unspecified atom stereocenters. The van der Waals surface area contributed by atoms with Crippen molar-refractivity contribution in [2.75, 3.05) is 57.4 Å². The Labute approximate surface area is 185 Å². The van der Waals surface area contributed by atoms with Gasteiger partial charge in [0.1, 0.15) is 16.5 Å². The summed E-state index contributed by atoms with van der Waals surface area (Å²) in [6.45, 7) is 3.19. The predicted octanol–water partition coefficient (Wildman–Crippen LogP) is 1.86. The second kappa shape index (κ2) is 9.07. The molecule has 0 atom stereocenters. The molecule has 1 aromatic heterocycles. The lowest BCUT2D eigenvalue weighted by Gasteiger charge is -2.35. The molecule has 2 fully saturated rings. The highest BCUT2D eigenvalue weighted by Gasteiger charge is 2.28. The number of ether oxygens (including phenoxy) is 1. The van der Waals surface area contributed by atoms with E-state index in [-0.39, 0.29) is 10.5 Å². The molecule has 8 nitrogen and oxygen atoms in total. The van der Waals surface area contributed by atoms with E-state index >= 15 is 0 Å². The number of amides is 1. The molecule has 11 heteroatoms. The number of benzene rings is 1. The molecule has 166 valence electrons. The zero-order valence-electron chi connectivity index (χ0n) is 16.7. The topological polar surface area (TPSA) is 83.1 Å². The molecular formula is C20H22ClFN4O4S. The Morgan fingerprint density at radius 1 is 1.03 bits per heavy atom. The molecule has 1 amide bonds. The van der Waals surface area contributed by atoms with Crippen LogP contribution in [0.25, 0.3) is 0 Å². The lowest BCUT2D eigenvalue weighted by atomic mass is 10.1. The van der Waals surface area contributed by atoms with Crippen molar-refractivity contribution < 1.29 is 22.3 Å². The number of morpholine rings is 1. The molecule has 1 aromatic carbocycles. The zero-order valence-corrected chi connectivity index (χ0v) is 18.3. The van der Waals surface area contributed by atoms with Gasteiger partial charge in [-0.1, -0.05) is 11.6 Å². The number of piperazine rings is 1. The van der Waals surface area contributed by atoms with Crippen LogP contribution in [-0.4, -0.2) is 81.0 Å². The van der Waals surface area contributed by atoms with Gasteiger partial charge in [-0.3, -0.25) is 4.79 Å². The third-order valence-electron chi connectivity index (χ3n) is 5.38. The second-order valence-electron chi connectivity index (χ2n) is 7.27. The third kappa shape index (κ3) is 4.67. The average Bonchev–Trinajstić information content (AvgIpc) is 2.81. The van der Waals surface area contributed by atoms with Crippen LogP contribution < -0.4 is 4.90 Å². The van der Waals surface area contributed by atoms with E-state index in [4.69, 9.17) is 16.3 Å². The summed E-state index contributed by atoms with van der Waals surface area (Å²) in [4.78, 5) is 20.6. The molecule has 2 aliphatic rings. The molecule has 2 aromatic rings. The third-order valence-corrected chi connectivity index (χ3v) is 7.50. The number of carbonyl (C=O) groups is 1. The van der Waals surface area contributed by atoms with Crippen molar-refractivity contribution in [1.82, 2.24) is 14.2 Å². The first-order chi connectivity index (χ1) is 14.9. The lowest BCUT2D eigenvalue weighted by molar-refractivity contribution is 0.0730. The molecule has 0 aliphatic carbocycles. The summed E-state index contributed by atoms with van der Waals surface area (Å²) in [6, 6.07) is 7.14. The summed E-state index contributed by atoms with van der Waals surface area (Å²) in [5.41, 5.74) is -0.0447. The minimum Gasteiger partial charge on any atom is -0.379 e. The maximum absolute atomic E-state index is 14.0. The van der Waals surface area contributed by atoms with Crippen LogP contribution in [-0.2, 0) is 14.8 Å². The first kappa shape index (κ1) is 21.9. The van der Waals surface area contributed by atoms with E-state index in [0.29, 0.717) is 63.3 Å². The van der Waals surface area contributed by atoms with Crippen molar-refractivity contribution in [3.63, 3.8) is 0 Å². The Bertz CT molecular complexity index is 1050. The second-order valence-corrected chi connectivity index (χ2v) is 9.65. The van der Waals surface area contributed by atoms with Crippen LogP contribution in [0.4, 0.5) is 10.2 Å². The van der Waals surface area contributed by atoms with Gasteiger partial charge in [0.25, 0.3) is 5.91 Å². The summed E-state index contributed by atoms with van der Waals surface area (Å²) in [5.74, 6) is -0.378. The van der Waals surface area contributed by atoms with Crippen LogP contribution in [0.1, 0.15) is 10.4 Å². The number of carbonyl (C=O) groups excluding carboxylic acids is 1. The molecule has 2 saturated heterocycles. The number of rotatable bonds is 4. The molecule has 0 bridgehead atoms. The van der Waals surface area contributed by atoms with E-state index in [1.54, 1.807) is 17.0 Å². The predicted molar refractivity (Wildman–Crippen MR) is 113 cm³/mol. The van der Waals surface area contributed by atoms with E-state index in [2.05, 4.69) is 4.98 Å². The van der Waals surface area contributed by atoms with Gasteiger partial charge >= 0.3 is 0 Å². The number of anilines is 1. The molecule has 4 rings (SSSR count). The smallest absolute Gasteiger partial charge is 0.257 e. The number of nitrogens with zero attached hydrogens (tertiary/aromatic N) is 4. The molecule has 0 saturated carbocycles. The summed E-state index contributed by atoms with van der Waals surface area (Å²) in [7, 11) is -3.59. The van der Waals surface area contributed by atoms with Crippen LogP contribution in [0, 0.1) is 5.82 Å². The molecule has 0 spiro atoms. The highest BCUT2D eigenvalue weighted by Crippen LogP contribution is 2.22.